The van der Waals surface area contributed by atoms with E-state index in [9.17, 15) is 4.79 Å². The molecule has 1 heterocycles. The van der Waals surface area contributed by atoms with E-state index in [1.54, 1.807) is 6.92 Å². The molecule has 0 radical (unpaired) electrons. The van der Waals surface area contributed by atoms with Gasteiger partial charge in [0, 0.05) is 12.5 Å². The van der Waals surface area contributed by atoms with Crippen LogP contribution < -0.4 is 20.5 Å². The molecule has 106 valence electrons. The van der Waals surface area contributed by atoms with Crippen LogP contribution in [0, 0.1) is 0 Å². The lowest BCUT2D eigenvalue weighted by Gasteiger charge is -2.26. The first-order chi connectivity index (χ1) is 8.65. The molecule has 2 unspecified atom stereocenters. The summed E-state index contributed by atoms with van der Waals surface area (Å²) in [6.45, 7) is 2.67. The molecule has 0 spiro atoms. The number of halogens is 1. The van der Waals surface area contributed by atoms with E-state index in [4.69, 9.17) is 15.2 Å². The van der Waals surface area contributed by atoms with Gasteiger partial charge in [-0.1, -0.05) is 12.1 Å². The van der Waals surface area contributed by atoms with Gasteiger partial charge in [0.25, 0.3) is 0 Å². The first-order valence-electron chi connectivity index (χ1n) is 6.06. The van der Waals surface area contributed by atoms with E-state index in [0.29, 0.717) is 19.6 Å². The van der Waals surface area contributed by atoms with Gasteiger partial charge in [0.15, 0.2) is 11.5 Å². The second-order valence-electron chi connectivity index (χ2n) is 4.48. The number of carbonyl (C=O) groups excluding carboxylic acids is 1. The Labute approximate surface area is 118 Å². The van der Waals surface area contributed by atoms with Crippen LogP contribution in [0.1, 0.15) is 13.3 Å². The lowest BCUT2D eigenvalue weighted by atomic mass is 10.2. The van der Waals surface area contributed by atoms with Gasteiger partial charge in [0.05, 0.1) is 6.54 Å². The number of rotatable bonds is 4. The Morgan fingerprint density at radius 2 is 2.16 bits per heavy atom. The second kappa shape index (κ2) is 7.21. The highest BCUT2D eigenvalue weighted by molar-refractivity contribution is 5.85. The summed E-state index contributed by atoms with van der Waals surface area (Å²) in [6.07, 6.45) is 0.168. The molecule has 1 aromatic carbocycles. The van der Waals surface area contributed by atoms with Gasteiger partial charge in [-0.2, -0.15) is 0 Å². The lowest BCUT2D eigenvalue weighted by molar-refractivity contribution is -0.121. The predicted molar refractivity (Wildman–Crippen MR) is 74.9 cm³/mol. The van der Waals surface area contributed by atoms with Crippen LogP contribution in [0.25, 0.3) is 0 Å². The van der Waals surface area contributed by atoms with Crippen LogP contribution in [0.2, 0.25) is 0 Å². The molecule has 0 saturated heterocycles. The smallest absolute Gasteiger partial charge is 0.221 e. The average Bonchev–Trinajstić information content (AvgIpc) is 2.35. The standard InChI is InChI=1S/C13H18N2O3.ClH/c1-9(14)6-13(16)15-7-10-8-17-11-4-2-3-5-12(11)18-10;/h2-5,9-10H,6-8,14H2,1H3,(H,15,16);1H. The molecule has 19 heavy (non-hydrogen) atoms. The maximum atomic E-state index is 11.5. The van der Waals surface area contributed by atoms with Gasteiger partial charge in [-0.25, -0.2) is 0 Å². The summed E-state index contributed by atoms with van der Waals surface area (Å²) in [5.41, 5.74) is 5.55. The van der Waals surface area contributed by atoms with Crippen LogP contribution in [0.5, 0.6) is 11.5 Å². The predicted octanol–water partition coefficient (Wildman–Crippen LogP) is 1.10. The normalized spacial score (nSPS) is 18.1. The van der Waals surface area contributed by atoms with Crippen molar-refractivity contribution in [3.63, 3.8) is 0 Å². The zero-order chi connectivity index (χ0) is 13.0. The Hall–Kier alpha value is -1.46. The molecular formula is C13H19ClN2O3. The Morgan fingerprint density at radius 1 is 1.47 bits per heavy atom. The van der Waals surface area contributed by atoms with Crippen molar-refractivity contribution in [3.05, 3.63) is 24.3 Å². The second-order valence-corrected chi connectivity index (χ2v) is 4.48. The number of ether oxygens (including phenoxy) is 2. The maximum Gasteiger partial charge on any atom is 0.221 e. The summed E-state index contributed by atoms with van der Waals surface area (Å²) in [6, 6.07) is 7.37. The minimum absolute atomic E-state index is 0. The Morgan fingerprint density at radius 3 is 2.84 bits per heavy atom. The minimum Gasteiger partial charge on any atom is -0.486 e. The van der Waals surface area contributed by atoms with E-state index >= 15 is 0 Å². The molecule has 2 atom stereocenters. The number of nitrogens with two attached hydrogens (primary N) is 1. The van der Waals surface area contributed by atoms with Gasteiger partial charge in [0.2, 0.25) is 5.91 Å². The summed E-state index contributed by atoms with van der Waals surface area (Å²) in [5, 5.41) is 2.79. The van der Waals surface area contributed by atoms with E-state index < -0.39 is 0 Å². The van der Waals surface area contributed by atoms with Gasteiger partial charge >= 0.3 is 0 Å². The fourth-order valence-electron chi connectivity index (χ4n) is 1.76. The van der Waals surface area contributed by atoms with E-state index in [-0.39, 0.29) is 30.5 Å². The number of para-hydroxylation sites is 2. The number of hydrogen-bond acceptors (Lipinski definition) is 4. The molecule has 0 aliphatic carbocycles. The number of carbonyl (C=O) groups is 1. The molecule has 1 amide bonds. The third-order valence-corrected chi connectivity index (χ3v) is 2.60. The molecule has 0 saturated carbocycles. The highest BCUT2D eigenvalue weighted by atomic mass is 35.5. The largest absolute Gasteiger partial charge is 0.486 e. The Kier molecular flexibility index (Phi) is 5.92. The Balaban J connectivity index is 0.00000180. The van der Waals surface area contributed by atoms with E-state index in [0.717, 1.165) is 11.5 Å². The summed E-state index contributed by atoms with van der Waals surface area (Å²) >= 11 is 0. The molecule has 0 aromatic heterocycles. The molecule has 3 N–H and O–H groups in total. The molecule has 0 bridgehead atoms. The van der Waals surface area contributed by atoms with Crippen molar-refractivity contribution in [3.8, 4) is 11.5 Å². The zero-order valence-corrected chi connectivity index (χ0v) is 11.6. The molecule has 1 aliphatic rings. The first kappa shape index (κ1) is 15.6. The van der Waals surface area contributed by atoms with Crippen LogP contribution in [0.4, 0.5) is 0 Å². The van der Waals surface area contributed by atoms with Crippen molar-refractivity contribution in [2.45, 2.75) is 25.5 Å². The number of nitrogens with one attached hydrogen (secondary N) is 1. The highest BCUT2D eigenvalue weighted by Gasteiger charge is 2.20. The van der Waals surface area contributed by atoms with Gasteiger partial charge in [-0.05, 0) is 19.1 Å². The topological polar surface area (TPSA) is 73.6 Å². The van der Waals surface area contributed by atoms with Crippen molar-refractivity contribution in [1.29, 1.82) is 0 Å². The number of amides is 1. The Bertz CT molecular complexity index is 426. The average molecular weight is 287 g/mol. The van der Waals surface area contributed by atoms with E-state index in [2.05, 4.69) is 5.32 Å². The van der Waals surface area contributed by atoms with Crippen LogP contribution in [-0.2, 0) is 4.79 Å². The van der Waals surface area contributed by atoms with Crippen molar-refractivity contribution >= 4 is 18.3 Å². The first-order valence-corrected chi connectivity index (χ1v) is 6.06. The molecule has 0 fully saturated rings. The SMILES string of the molecule is CC(N)CC(=O)NCC1COc2ccccc2O1.Cl. The maximum absolute atomic E-state index is 11.5. The summed E-state index contributed by atoms with van der Waals surface area (Å²) in [5.74, 6) is 1.40. The monoisotopic (exact) mass is 286 g/mol. The fraction of sp³-hybridized carbons (Fsp3) is 0.462. The van der Waals surface area contributed by atoms with Gasteiger partial charge in [-0.3, -0.25) is 4.79 Å². The molecule has 5 nitrogen and oxygen atoms in total. The van der Waals surface area contributed by atoms with Crippen molar-refractivity contribution in [2.24, 2.45) is 5.73 Å². The molecule has 6 heteroatoms. The minimum atomic E-state index is -0.156. The van der Waals surface area contributed by atoms with Crippen LogP contribution >= 0.6 is 12.4 Å². The summed E-state index contributed by atoms with van der Waals surface area (Å²) < 4.78 is 11.3. The lowest BCUT2D eigenvalue weighted by Crippen LogP contribution is -2.41. The number of benzene rings is 1. The van der Waals surface area contributed by atoms with Gasteiger partial charge in [-0.15, -0.1) is 12.4 Å². The zero-order valence-electron chi connectivity index (χ0n) is 10.8. The summed E-state index contributed by atoms with van der Waals surface area (Å²) in [7, 11) is 0. The molecule has 1 aliphatic heterocycles. The molecule has 2 rings (SSSR count). The third-order valence-electron chi connectivity index (χ3n) is 2.60. The van der Waals surface area contributed by atoms with Crippen molar-refractivity contribution in [1.82, 2.24) is 5.32 Å². The number of fused-ring (bicyclic) bond motifs is 1. The quantitative estimate of drug-likeness (QED) is 0.869. The third kappa shape index (κ3) is 4.61. The summed E-state index contributed by atoms with van der Waals surface area (Å²) in [4.78, 5) is 11.5. The highest BCUT2D eigenvalue weighted by Crippen LogP contribution is 2.30. The van der Waals surface area contributed by atoms with Crippen molar-refractivity contribution < 1.29 is 14.3 Å². The van der Waals surface area contributed by atoms with Gasteiger partial charge < -0.3 is 20.5 Å². The van der Waals surface area contributed by atoms with E-state index in [1.165, 1.54) is 0 Å². The van der Waals surface area contributed by atoms with Crippen LogP contribution in [-0.4, -0.2) is 31.2 Å². The number of hydrogen-bond donors (Lipinski definition) is 2. The van der Waals surface area contributed by atoms with Crippen LogP contribution in [0.15, 0.2) is 24.3 Å². The van der Waals surface area contributed by atoms with E-state index in [1.807, 2.05) is 24.3 Å². The van der Waals surface area contributed by atoms with Crippen LogP contribution in [0.3, 0.4) is 0 Å². The molecular weight excluding hydrogens is 268 g/mol. The molecule has 1 aromatic rings. The van der Waals surface area contributed by atoms with Crippen molar-refractivity contribution in [2.75, 3.05) is 13.2 Å². The fourth-order valence-corrected chi connectivity index (χ4v) is 1.76. The van der Waals surface area contributed by atoms with Gasteiger partial charge in [0.1, 0.15) is 12.7 Å².